The molecule has 0 unspecified atom stereocenters. The summed E-state index contributed by atoms with van der Waals surface area (Å²) in [6.45, 7) is 1.63. The van der Waals surface area contributed by atoms with Gasteiger partial charge in [-0.3, -0.25) is 9.59 Å². The van der Waals surface area contributed by atoms with Gasteiger partial charge in [0.1, 0.15) is 11.5 Å². The van der Waals surface area contributed by atoms with Crippen LogP contribution in [0, 0.1) is 0 Å². The molecule has 0 saturated heterocycles. The van der Waals surface area contributed by atoms with Gasteiger partial charge in [0.15, 0.2) is 11.9 Å². The van der Waals surface area contributed by atoms with Crippen molar-refractivity contribution in [3.63, 3.8) is 0 Å². The van der Waals surface area contributed by atoms with Crippen LogP contribution >= 0.6 is 11.6 Å². The number of carbonyl (C=O) groups excluding carboxylic acids is 2. The van der Waals surface area contributed by atoms with Gasteiger partial charge in [-0.15, -0.1) is 0 Å². The molecule has 0 fully saturated rings. The summed E-state index contributed by atoms with van der Waals surface area (Å²) in [5.41, 5.74) is 1.62. The van der Waals surface area contributed by atoms with Crippen molar-refractivity contribution in [2.75, 3.05) is 12.4 Å². The summed E-state index contributed by atoms with van der Waals surface area (Å²) in [5, 5.41) is 3.23. The number of nitrogens with one attached hydrogen (secondary N) is 1. The number of halogens is 1. The highest BCUT2D eigenvalue weighted by molar-refractivity contribution is 6.31. The van der Waals surface area contributed by atoms with Gasteiger partial charge >= 0.3 is 0 Å². The molecule has 0 radical (unpaired) electrons. The molecule has 0 saturated carbocycles. The average molecular weight is 410 g/mol. The maximum absolute atomic E-state index is 12.5. The van der Waals surface area contributed by atoms with Gasteiger partial charge in [-0.2, -0.15) is 0 Å². The highest BCUT2D eigenvalue weighted by Gasteiger charge is 2.17. The van der Waals surface area contributed by atoms with E-state index in [1.165, 1.54) is 7.11 Å². The first-order chi connectivity index (χ1) is 14.0. The van der Waals surface area contributed by atoms with Crippen LogP contribution in [0.15, 0.2) is 72.8 Å². The van der Waals surface area contributed by atoms with Gasteiger partial charge in [0, 0.05) is 16.1 Å². The van der Waals surface area contributed by atoms with Gasteiger partial charge in [-0.25, -0.2) is 0 Å². The minimum Gasteiger partial charge on any atom is -0.495 e. The molecule has 1 amide bonds. The van der Waals surface area contributed by atoms with Crippen LogP contribution in [0.2, 0.25) is 5.02 Å². The molecule has 1 atom stereocenters. The van der Waals surface area contributed by atoms with Crippen LogP contribution in [0.1, 0.15) is 22.8 Å². The Morgan fingerprint density at radius 1 is 0.931 bits per heavy atom. The molecule has 0 aliphatic rings. The van der Waals surface area contributed by atoms with E-state index in [0.717, 1.165) is 0 Å². The molecule has 0 spiro atoms. The molecule has 3 aromatic rings. The summed E-state index contributed by atoms with van der Waals surface area (Å²) in [5.74, 6) is 0.556. The number of carbonyl (C=O) groups is 2. The topological polar surface area (TPSA) is 64.6 Å². The van der Waals surface area contributed by atoms with Crippen LogP contribution in [-0.4, -0.2) is 24.9 Å². The third-order valence-electron chi connectivity index (χ3n) is 4.25. The first kappa shape index (κ1) is 20.4. The SMILES string of the molecule is COc1ccc(Cl)cc1NC(=O)[C@H](C)Oc1ccc(C(=O)c2ccccc2)cc1. The lowest BCUT2D eigenvalue weighted by molar-refractivity contribution is -0.122. The van der Waals surface area contributed by atoms with Crippen LogP contribution < -0.4 is 14.8 Å². The highest BCUT2D eigenvalue weighted by atomic mass is 35.5. The number of ketones is 1. The van der Waals surface area contributed by atoms with E-state index in [4.69, 9.17) is 21.1 Å². The molecule has 148 valence electrons. The first-order valence-corrected chi connectivity index (χ1v) is 9.36. The Morgan fingerprint density at radius 3 is 2.24 bits per heavy atom. The normalized spacial score (nSPS) is 11.4. The van der Waals surface area contributed by atoms with E-state index >= 15 is 0 Å². The standard InChI is InChI=1S/C23H20ClNO4/c1-15(23(27)25-20-14-18(24)10-13-21(20)28-2)29-19-11-8-17(9-12-19)22(26)16-6-4-3-5-7-16/h3-15H,1-2H3,(H,25,27)/t15-/m0/s1. The van der Waals surface area contributed by atoms with Crippen molar-refractivity contribution in [1.29, 1.82) is 0 Å². The average Bonchev–Trinajstić information content (AvgIpc) is 2.74. The second-order valence-electron chi connectivity index (χ2n) is 6.31. The molecule has 5 nitrogen and oxygen atoms in total. The zero-order valence-electron chi connectivity index (χ0n) is 16.0. The number of methoxy groups -OCH3 is 1. The predicted molar refractivity (Wildman–Crippen MR) is 113 cm³/mol. The maximum Gasteiger partial charge on any atom is 0.265 e. The third-order valence-corrected chi connectivity index (χ3v) is 4.49. The van der Waals surface area contributed by atoms with E-state index in [2.05, 4.69) is 5.32 Å². The predicted octanol–water partition coefficient (Wildman–Crippen LogP) is 4.99. The van der Waals surface area contributed by atoms with Crippen LogP contribution in [0.3, 0.4) is 0 Å². The fourth-order valence-electron chi connectivity index (χ4n) is 2.71. The van der Waals surface area contributed by atoms with Crippen molar-refractivity contribution in [1.82, 2.24) is 0 Å². The zero-order valence-corrected chi connectivity index (χ0v) is 16.8. The Bertz CT molecular complexity index is 1000. The van der Waals surface area contributed by atoms with E-state index in [1.54, 1.807) is 61.5 Å². The van der Waals surface area contributed by atoms with E-state index in [1.807, 2.05) is 18.2 Å². The molecular formula is C23H20ClNO4. The van der Waals surface area contributed by atoms with Crippen molar-refractivity contribution < 1.29 is 19.1 Å². The minimum atomic E-state index is -0.769. The quantitative estimate of drug-likeness (QED) is 0.558. The summed E-state index contributed by atoms with van der Waals surface area (Å²) in [7, 11) is 1.51. The lowest BCUT2D eigenvalue weighted by Gasteiger charge is -2.16. The van der Waals surface area contributed by atoms with Gasteiger partial charge in [-0.05, 0) is 49.4 Å². The fourth-order valence-corrected chi connectivity index (χ4v) is 2.88. The van der Waals surface area contributed by atoms with Crippen LogP contribution in [-0.2, 0) is 4.79 Å². The van der Waals surface area contributed by atoms with Crippen molar-refractivity contribution in [2.45, 2.75) is 13.0 Å². The number of hydrogen-bond acceptors (Lipinski definition) is 4. The largest absolute Gasteiger partial charge is 0.495 e. The van der Waals surface area contributed by atoms with Crippen molar-refractivity contribution >= 4 is 29.0 Å². The van der Waals surface area contributed by atoms with Gasteiger partial charge in [0.25, 0.3) is 5.91 Å². The Balaban J connectivity index is 1.65. The number of benzene rings is 3. The molecular weight excluding hydrogens is 390 g/mol. The minimum absolute atomic E-state index is 0.0732. The van der Waals surface area contributed by atoms with Crippen molar-refractivity contribution in [3.05, 3.63) is 88.9 Å². The van der Waals surface area contributed by atoms with Gasteiger partial charge in [-0.1, -0.05) is 41.9 Å². The summed E-state index contributed by atoms with van der Waals surface area (Å²) in [6.07, 6.45) is -0.769. The zero-order chi connectivity index (χ0) is 20.8. The van der Waals surface area contributed by atoms with Crippen molar-refractivity contribution in [2.24, 2.45) is 0 Å². The second kappa shape index (κ2) is 9.26. The van der Waals surface area contributed by atoms with E-state index in [9.17, 15) is 9.59 Å². The molecule has 0 bridgehead atoms. The first-order valence-electron chi connectivity index (χ1n) is 8.99. The summed E-state index contributed by atoms with van der Waals surface area (Å²) in [6, 6.07) is 20.7. The summed E-state index contributed by atoms with van der Waals surface area (Å²) < 4.78 is 10.9. The molecule has 6 heteroatoms. The molecule has 3 aromatic carbocycles. The van der Waals surface area contributed by atoms with E-state index in [-0.39, 0.29) is 11.7 Å². The third kappa shape index (κ3) is 5.15. The van der Waals surface area contributed by atoms with Crippen molar-refractivity contribution in [3.8, 4) is 11.5 Å². The van der Waals surface area contributed by atoms with Crippen LogP contribution in [0.4, 0.5) is 5.69 Å². The monoisotopic (exact) mass is 409 g/mol. The smallest absolute Gasteiger partial charge is 0.265 e. The molecule has 3 rings (SSSR count). The number of anilines is 1. The highest BCUT2D eigenvalue weighted by Crippen LogP contribution is 2.28. The Morgan fingerprint density at radius 2 is 1.59 bits per heavy atom. The number of rotatable bonds is 7. The second-order valence-corrected chi connectivity index (χ2v) is 6.75. The maximum atomic E-state index is 12.5. The van der Waals surface area contributed by atoms with E-state index in [0.29, 0.717) is 33.3 Å². The fraction of sp³-hybridized carbons (Fsp3) is 0.130. The summed E-state index contributed by atoms with van der Waals surface area (Å²) in [4.78, 5) is 24.9. The van der Waals surface area contributed by atoms with Gasteiger partial charge < -0.3 is 14.8 Å². The molecule has 1 N–H and O–H groups in total. The van der Waals surface area contributed by atoms with Crippen LogP contribution in [0.5, 0.6) is 11.5 Å². The van der Waals surface area contributed by atoms with Gasteiger partial charge in [0.05, 0.1) is 12.8 Å². The Hall–Kier alpha value is -3.31. The molecule has 29 heavy (non-hydrogen) atoms. The lowest BCUT2D eigenvalue weighted by atomic mass is 10.0. The number of ether oxygens (including phenoxy) is 2. The molecule has 0 aliphatic carbocycles. The van der Waals surface area contributed by atoms with E-state index < -0.39 is 6.10 Å². The Kier molecular flexibility index (Phi) is 6.52. The molecule has 0 aromatic heterocycles. The Labute approximate surface area is 174 Å². The number of amides is 1. The summed E-state index contributed by atoms with van der Waals surface area (Å²) >= 11 is 5.99. The van der Waals surface area contributed by atoms with Gasteiger partial charge in [0.2, 0.25) is 0 Å². The van der Waals surface area contributed by atoms with Crippen LogP contribution in [0.25, 0.3) is 0 Å². The molecule has 0 aliphatic heterocycles. The lowest BCUT2D eigenvalue weighted by Crippen LogP contribution is -2.30. The number of hydrogen-bond donors (Lipinski definition) is 1. The molecule has 0 heterocycles.